The van der Waals surface area contributed by atoms with Crippen molar-refractivity contribution in [2.45, 2.75) is 45.4 Å². The molecule has 1 heterocycles. The molecule has 1 aromatic carbocycles. The molecule has 152 valence electrons. The molecule has 0 radical (unpaired) electrons. The summed E-state index contributed by atoms with van der Waals surface area (Å²) < 4.78 is 6.98. The van der Waals surface area contributed by atoms with Crippen molar-refractivity contribution in [2.75, 3.05) is 18.8 Å². The van der Waals surface area contributed by atoms with Gasteiger partial charge in [-0.25, -0.2) is 4.79 Å². The second-order valence-electron chi connectivity index (χ2n) is 7.32. The molecule has 0 spiro atoms. The Hall–Kier alpha value is -2.55. The Morgan fingerprint density at radius 1 is 1.14 bits per heavy atom. The maximum Gasteiger partial charge on any atom is 0.407 e. The normalized spacial score (nSPS) is 11.2. The number of benzene rings is 1. The zero-order chi connectivity index (χ0) is 20.7. The molecule has 0 saturated heterocycles. The summed E-state index contributed by atoms with van der Waals surface area (Å²) in [5.74, 6) is 0.0568. The Labute approximate surface area is 169 Å². The van der Waals surface area contributed by atoms with Gasteiger partial charge < -0.3 is 15.4 Å². The molecule has 2 N–H and O–H groups in total. The third kappa shape index (κ3) is 6.88. The lowest BCUT2D eigenvalue weighted by atomic mass is 10.1. The fourth-order valence-corrected chi connectivity index (χ4v) is 3.00. The SMILES string of the molecule is Cc1ccc(-n2cnnc2SCC(=O)NCCNC(=O)OC(C)(C)C)cc1C. The van der Waals surface area contributed by atoms with E-state index in [0.29, 0.717) is 18.2 Å². The van der Waals surface area contributed by atoms with Crippen LogP contribution in [0.4, 0.5) is 4.79 Å². The molecule has 0 atom stereocenters. The van der Waals surface area contributed by atoms with Crippen LogP contribution in [0.5, 0.6) is 0 Å². The van der Waals surface area contributed by atoms with Crippen LogP contribution in [0.25, 0.3) is 5.69 Å². The third-order valence-electron chi connectivity index (χ3n) is 3.73. The molecule has 0 aliphatic carbocycles. The van der Waals surface area contributed by atoms with Crippen molar-refractivity contribution in [3.63, 3.8) is 0 Å². The lowest BCUT2D eigenvalue weighted by Crippen LogP contribution is -2.38. The molecule has 0 fully saturated rings. The Morgan fingerprint density at radius 3 is 2.54 bits per heavy atom. The summed E-state index contributed by atoms with van der Waals surface area (Å²) in [6.07, 6.45) is 1.13. The van der Waals surface area contributed by atoms with Gasteiger partial charge in [-0.1, -0.05) is 17.8 Å². The van der Waals surface area contributed by atoms with E-state index in [2.05, 4.69) is 40.7 Å². The van der Waals surface area contributed by atoms with Gasteiger partial charge in [0.15, 0.2) is 5.16 Å². The standard InChI is InChI=1S/C19H27N5O3S/c1-13-6-7-15(10-14(13)2)24-12-22-23-17(24)28-11-16(25)20-8-9-21-18(26)27-19(3,4)5/h6-7,10,12H,8-9,11H2,1-5H3,(H,20,25)(H,21,26). The lowest BCUT2D eigenvalue weighted by Gasteiger charge is -2.19. The number of carbonyl (C=O) groups is 2. The van der Waals surface area contributed by atoms with Gasteiger partial charge in [-0.05, 0) is 57.9 Å². The van der Waals surface area contributed by atoms with E-state index >= 15 is 0 Å². The number of aryl methyl sites for hydroxylation is 2. The summed E-state index contributed by atoms with van der Waals surface area (Å²) in [6, 6.07) is 6.10. The van der Waals surface area contributed by atoms with E-state index in [4.69, 9.17) is 4.74 Å². The first-order chi connectivity index (χ1) is 13.2. The number of thioether (sulfide) groups is 1. The van der Waals surface area contributed by atoms with Gasteiger partial charge in [0.1, 0.15) is 11.9 Å². The van der Waals surface area contributed by atoms with E-state index in [1.54, 1.807) is 27.1 Å². The molecular weight excluding hydrogens is 378 g/mol. The number of hydrogen-bond donors (Lipinski definition) is 2. The fourth-order valence-electron chi connectivity index (χ4n) is 2.24. The van der Waals surface area contributed by atoms with Crippen LogP contribution in [-0.2, 0) is 9.53 Å². The molecule has 28 heavy (non-hydrogen) atoms. The van der Waals surface area contributed by atoms with Gasteiger partial charge in [0.05, 0.1) is 5.75 Å². The van der Waals surface area contributed by atoms with E-state index in [9.17, 15) is 9.59 Å². The first-order valence-electron chi connectivity index (χ1n) is 9.00. The van der Waals surface area contributed by atoms with Crippen LogP contribution >= 0.6 is 11.8 Å². The van der Waals surface area contributed by atoms with Gasteiger partial charge >= 0.3 is 6.09 Å². The van der Waals surface area contributed by atoms with Crippen molar-refractivity contribution < 1.29 is 14.3 Å². The van der Waals surface area contributed by atoms with E-state index in [1.165, 1.54) is 22.9 Å². The molecule has 8 nitrogen and oxygen atoms in total. The summed E-state index contributed by atoms with van der Waals surface area (Å²) in [5, 5.41) is 14.0. The second kappa shape index (κ2) is 9.59. The van der Waals surface area contributed by atoms with Crippen LogP contribution in [0.1, 0.15) is 31.9 Å². The van der Waals surface area contributed by atoms with Crippen molar-refractivity contribution in [1.29, 1.82) is 0 Å². The predicted molar refractivity (Wildman–Crippen MR) is 109 cm³/mol. The highest BCUT2D eigenvalue weighted by atomic mass is 32.2. The Kier molecular flexibility index (Phi) is 7.45. The highest BCUT2D eigenvalue weighted by molar-refractivity contribution is 7.99. The molecule has 0 aliphatic heterocycles. The number of amides is 2. The smallest absolute Gasteiger partial charge is 0.407 e. The Bertz CT molecular complexity index is 829. The summed E-state index contributed by atoms with van der Waals surface area (Å²) in [7, 11) is 0. The van der Waals surface area contributed by atoms with Gasteiger partial charge in [0.25, 0.3) is 0 Å². The number of nitrogens with one attached hydrogen (secondary N) is 2. The summed E-state index contributed by atoms with van der Waals surface area (Å²) >= 11 is 1.30. The number of aromatic nitrogens is 3. The Balaban J connectivity index is 1.77. The third-order valence-corrected chi connectivity index (χ3v) is 4.68. The largest absolute Gasteiger partial charge is 0.444 e. The molecule has 0 saturated carbocycles. The van der Waals surface area contributed by atoms with Crippen molar-refractivity contribution in [3.8, 4) is 5.69 Å². The molecule has 9 heteroatoms. The van der Waals surface area contributed by atoms with Gasteiger partial charge in [-0.15, -0.1) is 10.2 Å². The number of ether oxygens (including phenoxy) is 1. The van der Waals surface area contributed by atoms with Gasteiger partial charge in [-0.3, -0.25) is 9.36 Å². The van der Waals surface area contributed by atoms with Crippen LogP contribution in [0.3, 0.4) is 0 Å². The van der Waals surface area contributed by atoms with Crippen LogP contribution in [0.15, 0.2) is 29.7 Å². The summed E-state index contributed by atoms with van der Waals surface area (Å²) in [5.41, 5.74) is 2.80. The molecule has 1 aromatic heterocycles. The highest BCUT2D eigenvalue weighted by Gasteiger charge is 2.15. The summed E-state index contributed by atoms with van der Waals surface area (Å²) in [4.78, 5) is 23.6. The molecule has 0 aliphatic rings. The van der Waals surface area contributed by atoms with Crippen molar-refractivity contribution in [3.05, 3.63) is 35.7 Å². The predicted octanol–water partition coefficient (Wildman–Crippen LogP) is 2.62. The number of hydrogen-bond acceptors (Lipinski definition) is 6. The number of rotatable bonds is 7. The lowest BCUT2D eigenvalue weighted by molar-refractivity contribution is -0.118. The van der Waals surface area contributed by atoms with Gasteiger partial charge in [-0.2, -0.15) is 0 Å². The van der Waals surface area contributed by atoms with Crippen LogP contribution in [-0.4, -0.2) is 51.2 Å². The van der Waals surface area contributed by atoms with Crippen LogP contribution in [0, 0.1) is 13.8 Å². The molecule has 0 unspecified atom stereocenters. The minimum absolute atomic E-state index is 0.148. The van der Waals surface area contributed by atoms with Crippen LogP contribution < -0.4 is 10.6 Å². The van der Waals surface area contributed by atoms with Crippen molar-refractivity contribution in [1.82, 2.24) is 25.4 Å². The van der Waals surface area contributed by atoms with Crippen molar-refractivity contribution in [2.24, 2.45) is 0 Å². The van der Waals surface area contributed by atoms with E-state index in [0.717, 1.165) is 5.69 Å². The zero-order valence-corrected chi connectivity index (χ0v) is 17.7. The average molecular weight is 406 g/mol. The minimum Gasteiger partial charge on any atom is -0.444 e. The zero-order valence-electron chi connectivity index (χ0n) is 16.9. The van der Waals surface area contributed by atoms with Gasteiger partial charge in [0, 0.05) is 18.8 Å². The first kappa shape index (κ1) is 21.7. The maximum atomic E-state index is 12.0. The molecule has 2 aromatic rings. The first-order valence-corrected chi connectivity index (χ1v) is 9.98. The molecule has 2 rings (SSSR count). The number of nitrogens with zero attached hydrogens (tertiary/aromatic N) is 3. The maximum absolute atomic E-state index is 12.0. The Morgan fingerprint density at radius 2 is 1.86 bits per heavy atom. The quantitative estimate of drug-likeness (QED) is 0.543. The fraction of sp³-hybridized carbons (Fsp3) is 0.474. The number of carbonyl (C=O) groups excluding carboxylic acids is 2. The van der Waals surface area contributed by atoms with E-state index in [1.807, 2.05) is 16.7 Å². The number of alkyl carbamates (subject to hydrolysis) is 1. The molecule has 2 amide bonds. The minimum atomic E-state index is -0.546. The molecule has 0 bridgehead atoms. The summed E-state index contributed by atoms with van der Waals surface area (Å²) in [6.45, 7) is 10.1. The highest BCUT2D eigenvalue weighted by Crippen LogP contribution is 2.21. The molecular formula is C19H27N5O3S. The van der Waals surface area contributed by atoms with Crippen LogP contribution in [0.2, 0.25) is 0 Å². The van der Waals surface area contributed by atoms with Gasteiger partial charge in [0.2, 0.25) is 5.91 Å². The average Bonchev–Trinajstić information content (AvgIpc) is 3.06. The van der Waals surface area contributed by atoms with E-state index < -0.39 is 11.7 Å². The van der Waals surface area contributed by atoms with Crippen molar-refractivity contribution >= 4 is 23.8 Å². The second-order valence-corrected chi connectivity index (χ2v) is 8.26. The van der Waals surface area contributed by atoms with E-state index in [-0.39, 0.29) is 11.7 Å². The monoisotopic (exact) mass is 405 g/mol. The topological polar surface area (TPSA) is 98.1 Å².